The van der Waals surface area contributed by atoms with Crippen molar-refractivity contribution in [3.63, 3.8) is 0 Å². The van der Waals surface area contributed by atoms with E-state index in [-0.39, 0.29) is 0 Å². The third-order valence-electron chi connectivity index (χ3n) is 4.19. The van der Waals surface area contributed by atoms with Crippen LogP contribution in [0.25, 0.3) is 6.08 Å². The van der Waals surface area contributed by atoms with E-state index >= 15 is 0 Å². The second-order valence-corrected chi connectivity index (χ2v) is 6.84. The smallest absolute Gasteiger partial charge is 0.398 e. The van der Waals surface area contributed by atoms with Crippen LogP contribution in [0.4, 0.5) is 22.0 Å². The minimum atomic E-state index is -4.94. The number of rotatable bonds is 2. The Kier molecular flexibility index (Phi) is 4.80. The SMILES string of the molecule is CC1(C)OB(C(F)=Cc2c(F)ccc(Cl)c2C(F)(F)F)OC1(C)C. The molecule has 1 heterocycles. The van der Waals surface area contributed by atoms with E-state index in [1.807, 2.05) is 0 Å². The summed E-state index contributed by atoms with van der Waals surface area (Å²) in [5.41, 5.74) is -5.40. The highest BCUT2D eigenvalue weighted by atomic mass is 35.5. The van der Waals surface area contributed by atoms with Gasteiger partial charge in [0.05, 0.1) is 21.8 Å². The fourth-order valence-corrected chi connectivity index (χ4v) is 2.43. The highest BCUT2D eigenvalue weighted by molar-refractivity contribution is 6.54. The quantitative estimate of drug-likeness (QED) is 0.511. The van der Waals surface area contributed by atoms with Crippen molar-refractivity contribution in [1.29, 1.82) is 0 Å². The molecule has 1 aliphatic heterocycles. The zero-order chi connectivity index (χ0) is 18.5. The summed E-state index contributed by atoms with van der Waals surface area (Å²) < 4.78 is 78.3. The van der Waals surface area contributed by atoms with E-state index in [0.717, 1.165) is 12.1 Å². The van der Waals surface area contributed by atoms with Crippen molar-refractivity contribution in [3.8, 4) is 0 Å². The first-order valence-electron chi connectivity index (χ1n) is 7.04. The number of alkyl halides is 3. The van der Waals surface area contributed by atoms with E-state index in [4.69, 9.17) is 20.9 Å². The number of hydrogen-bond donors (Lipinski definition) is 0. The van der Waals surface area contributed by atoms with Gasteiger partial charge in [0, 0.05) is 5.56 Å². The number of benzene rings is 1. The molecule has 24 heavy (non-hydrogen) atoms. The van der Waals surface area contributed by atoms with Crippen molar-refractivity contribution in [1.82, 2.24) is 0 Å². The van der Waals surface area contributed by atoms with Gasteiger partial charge in [-0.05, 0) is 45.9 Å². The maximum Gasteiger partial charge on any atom is 0.525 e. The number of halogens is 6. The van der Waals surface area contributed by atoms with Crippen molar-refractivity contribution in [2.75, 3.05) is 0 Å². The van der Waals surface area contributed by atoms with Crippen LogP contribution in [0, 0.1) is 5.82 Å². The van der Waals surface area contributed by atoms with Crippen molar-refractivity contribution in [2.45, 2.75) is 45.1 Å². The molecule has 2 nitrogen and oxygen atoms in total. The van der Waals surface area contributed by atoms with Gasteiger partial charge in [-0.2, -0.15) is 13.2 Å². The predicted molar refractivity (Wildman–Crippen MR) is 81.6 cm³/mol. The molecule has 9 heteroatoms. The second-order valence-electron chi connectivity index (χ2n) is 6.43. The molecule has 0 unspecified atom stereocenters. The Labute approximate surface area is 141 Å². The summed E-state index contributed by atoms with van der Waals surface area (Å²) in [6, 6.07) is 1.50. The fraction of sp³-hybridized carbons (Fsp3) is 0.467. The standard InChI is InChI=1S/C15H15BClF5O2/c1-13(2)14(3,4)24-16(23-13)11(19)7-8-10(18)6-5-9(17)12(8)15(20,21)22/h5-7H,1-4H3. The van der Waals surface area contributed by atoms with Crippen LogP contribution >= 0.6 is 11.6 Å². The van der Waals surface area contributed by atoms with Crippen LogP contribution in [0.2, 0.25) is 5.02 Å². The highest BCUT2D eigenvalue weighted by Gasteiger charge is 2.53. The van der Waals surface area contributed by atoms with E-state index < -0.39 is 52.2 Å². The molecule has 0 bridgehead atoms. The van der Waals surface area contributed by atoms with Gasteiger partial charge in [0.15, 0.2) is 0 Å². The first-order chi connectivity index (χ1) is 10.8. The van der Waals surface area contributed by atoms with Gasteiger partial charge in [-0.3, -0.25) is 0 Å². The molecule has 1 saturated heterocycles. The molecule has 1 aromatic rings. The summed E-state index contributed by atoms with van der Waals surface area (Å²) in [6.07, 6.45) is -4.53. The van der Waals surface area contributed by atoms with Crippen molar-refractivity contribution < 1.29 is 31.3 Å². The van der Waals surface area contributed by atoms with Crippen molar-refractivity contribution in [2.24, 2.45) is 0 Å². The molecule has 2 rings (SSSR count). The van der Waals surface area contributed by atoms with E-state index in [9.17, 15) is 22.0 Å². The lowest BCUT2D eigenvalue weighted by Crippen LogP contribution is -2.41. The van der Waals surface area contributed by atoms with Gasteiger partial charge in [0.1, 0.15) is 11.5 Å². The lowest BCUT2D eigenvalue weighted by molar-refractivity contribution is -0.137. The summed E-state index contributed by atoms with van der Waals surface area (Å²) in [4.78, 5) is 0. The Morgan fingerprint density at radius 1 is 1.12 bits per heavy atom. The van der Waals surface area contributed by atoms with Crippen LogP contribution in [-0.2, 0) is 15.5 Å². The molecular weight excluding hydrogens is 353 g/mol. The van der Waals surface area contributed by atoms with E-state index in [2.05, 4.69) is 0 Å². The van der Waals surface area contributed by atoms with Gasteiger partial charge in [-0.15, -0.1) is 0 Å². The monoisotopic (exact) mass is 368 g/mol. The Morgan fingerprint density at radius 2 is 1.62 bits per heavy atom. The molecule has 1 aromatic carbocycles. The number of hydrogen-bond acceptors (Lipinski definition) is 2. The normalized spacial score (nSPS) is 20.6. The summed E-state index contributed by atoms with van der Waals surface area (Å²) in [7, 11) is -1.53. The van der Waals surface area contributed by atoms with Crippen molar-refractivity contribution >= 4 is 24.8 Å². The largest absolute Gasteiger partial charge is 0.525 e. The minimum absolute atomic E-state index is 0.409. The van der Waals surface area contributed by atoms with Crippen LogP contribution in [0.15, 0.2) is 17.9 Å². The summed E-state index contributed by atoms with van der Waals surface area (Å²) >= 11 is 5.52. The molecular formula is C15H15BClF5O2. The zero-order valence-corrected chi connectivity index (χ0v) is 14.1. The van der Waals surface area contributed by atoms with Gasteiger partial charge in [0.2, 0.25) is 0 Å². The molecule has 132 valence electrons. The highest BCUT2D eigenvalue weighted by Crippen LogP contribution is 2.41. The summed E-state index contributed by atoms with van der Waals surface area (Å²) in [5.74, 6) is -1.25. The summed E-state index contributed by atoms with van der Waals surface area (Å²) in [5, 5.41) is -0.725. The Balaban J connectivity index is 2.48. The third kappa shape index (κ3) is 3.46. The van der Waals surface area contributed by atoms with Crippen LogP contribution in [-0.4, -0.2) is 18.3 Å². The van der Waals surface area contributed by atoms with E-state index in [1.54, 1.807) is 27.7 Å². The second kappa shape index (κ2) is 6.00. The van der Waals surface area contributed by atoms with Crippen LogP contribution in [0.3, 0.4) is 0 Å². The minimum Gasteiger partial charge on any atom is -0.398 e. The third-order valence-corrected chi connectivity index (χ3v) is 4.50. The zero-order valence-electron chi connectivity index (χ0n) is 13.4. The summed E-state index contributed by atoms with van der Waals surface area (Å²) in [6.45, 7) is 6.62. The Bertz CT molecular complexity index is 669. The van der Waals surface area contributed by atoms with Gasteiger partial charge < -0.3 is 9.31 Å². The molecule has 0 spiro atoms. The van der Waals surface area contributed by atoms with Crippen LogP contribution in [0.5, 0.6) is 0 Å². The molecule has 0 amide bonds. The van der Waals surface area contributed by atoms with Crippen molar-refractivity contribution in [3.05, 3.63) is 39.8 Å². The van der Waals surface area contributed by atoms with Gasteiger partial charge in [0.25, 0.3) is 0 Å². The van der Waals surface area contributed by atoms with Crippen LogP contribution < -0.4 is 0 Å². The van der Waals surface area contributed by atoms with Gasteiger partial charge >= 0.3 is 13.3 Å². The topological polar surface area (TPSA) is 18.5 Å². The molecule has 0 N–H and O–H groups in total. The maximum atomic E-state index is 14.4. The first-order valence-corrected chi connectivity index (χ1v) is 7.42. The van der Waals surface area contributed by atoms with E-state index in [0.29, 0.717) is 6.08 Å². The molecule has 1 aliphatic rings. The predicted octanol–water partition coefficient (Wildman–Crippen LogP) is 5.44. The molecule has 0 saturated carbocycles. The first kappa shape index (κ1) is 19.2. The van der Waals surface area contributed by atoms with Gasteiger partial charge in [-0.1, -0.05) is 11.6 Å². The average molecular weight is 369 g/mol. The van der Waals surface area contributed by atoms with Gasteiger partial charge in [-0.25, -0.2) is 8.78 Å². The lowest BCUT2D eigenvalue weighted by atomic mass is 9.86. The maximum absolute atomic E-state index is 14.4. The van der Waals surface area contributed by atoms with E-state index in [1.165, 1.54) is 0 Å². The molecule has 0 radical (unpaired) electrons. The molecule has 0 aliphatic carbocycles. The lowest BCUT2D eigenvalue weighted by Gasteiger charge is -2.32. The molecule has 1 fully saturated rings. The molecule has 0 aromatic heterocycles. The van der Waals surface area contributed by atoms with Crippen LogP contribution in [0.1, 0.15) is 38.8 Å². The Hall–Kier alpha value is -1.12. The fourth-order valence-electron chi connectivity index (χ4n) is 2.16. The molecule has 0 atom stereocenters. The average Bonchev–Trinajstić information content (AvgIpc) is 2.61. The Morgan fingerprint density at radius 3 is 2.08 bits per heavy atom.